The van der Waals surface area contributed by atoms with Crippen LogP contribution in [0.25, 0.3) is 10.2 Å². The lowest BCUT2D eigenvalue weighted by atomic mass is 10.2. The molecule has 21 heavy (non-hydrogen) atoms. The summed E-state index contributed by atoms with van der Waals surface area (Å²) in [6, 6.07) is 0.0825. The molecule has 0 aromatic carbocycles. The van der Waals surface area contributed by atoms with Crippen molar-refractivity contribution in [2.75, 3.05) is 14.2 Å². The van der Waals surface area contributed by atoms with E-state index in [1.165, 1.54) is 11.3 Å². The van der Waals surface area contributed by atoms with Gasteiger partial charge in [0.2, 0.25) is 5.88 Å². The normalized spacial score (nSPS) is 11.1. The second kappa shape index (κ2) is 6.36. The number of aryl methyl sites for hydroxylation is 1. The van der Waals surface area contributed by atoms with Crippen LogP contribution in [0.5, 0.6) is 5.88 Å². The van der Waals surface area contributed by atoms with Gasteiger partial charge in [0.25, 0.3) is 5.91 Å². The molecule has 0 radical (unpaired) electrons. The molecule has 0 saturated heterocycles. The number of carbonyl (C=O) groups excluding carboxylic acids is 1. The number of nitrogens with one attached hydrogen (secondary N) is 1. The summed E-state index contributed by atoms with van der Waals surface area (Å²) in [5.41, 5.74) is 0.842. The smallest absolute Gasteiger partial charge is 0.261 e. The van der Waals surface area contributed by atoms with E-state index >= 15 is 0 Å². The summed E-state index contributed by atoms with van der Waals surface area (Å²) in [7, 11) is 3.14. The van der Waals surface area contributed by atoms with E-state index in [2.05, 4.69) is 15.3 Å². The van der Waals surface area contributed by atoms with Crippen LogP contribution in [0, 0.1) is 6.92 Å². The topological polar surface area (TPSA) is 73.3 Å². The van der Waals surface area contributed by atoms with Gasteiger partial charge >= 0.3 is 0 Å². The molecular formula is C14H19N3O3S. The minimum Gasteiger partial charge on any atom is -0.480 e. The summed E-state index contributed by atoms with van der Waals surface area (Å²) >= 11 is 1.34. The van der Waals surface area contributed by atoms with Crippen molar-refractivity contribution in [2.45, 2.75) is 33.4 Å². The number of methoxy groups -OCH3 is 2. The molecule has 0 aliphatic rings. The van der Waals surface area contributed by atoms with Crippen molar-refractivity contribution in [3.8, 4) is 5.88 Å². The first-order valence-electron chi connectivity index (χ1n) is 6.61. The summed E-state index contributed by atoms with van der Waals surface area (Å²) < 4.78 is 10.4. The van der Waals surface area contributed by atoms with Gasteiger partial charge in [0.05, 0.1) is 17.4 Å². The Kier molecular flexibility index (Phi) is 4.74. The van der Waals surface area contributed by atoms with Crippen LogP contribution in [0.1, 0.15) is 34.9 Å². The number of ether oxygens (including phenoxy) is 2. The van der Waals surface area contributed by atoms with Crippen molar-refractivity contribution in [1.82, 2.24) is 15.3 Å². The highest BCUT2D eigenvalue weighted by Crippen LogP contribution is 2.35. The number of aromatic nitrogens is 2. The molecule has 2 heterocycles. The average molecular weight is 309 g/mol. The zero-order chi connectivity index (χ0) is 15.6. The van der Waals surface area contributed by atoms with Gasteiger partial charge in [0.15, 0.2) is 5.82 Å². The maximum atomic E-state index is 12.2. The highest BCUT2D eigenvalue weighted by atomic mass is 32.1. The lowest BCUT2D eigenvalue weighted by Gasteiger charge is -2.07. The second-order valence-electron chi connectivity index (χ2n) is 4.95. The first-order chi connectivity index (χ1) is 9.97. The number of amides is 1. The molecule has 0 saturated carbocycles. The van der Waals surface area contributed by atoms with Crippen LogP contribution in [0.15, 0.2) is 0 Å². The number of hydrogen-bond acceptors (Lipinski definition) is 6. The van der Waals surface area contributed by atoms with E-state index in [-0.39, 0.29) is 11.9 Å². The molecule has 2 rings (SSSR count). The Morgan fingerprint density at radius 2 is 2.05 bits per heavy atom. The van der Waals surface area contributed by atoms with Gasteiger partial charge in [-0.3, -0.25) is 4.79 Å². The fraction of sp³-hybridized carbons (Fsp3) is 0.500. The van der Waals surface area contributed by atoms with E-state index in [0.717, 1.165) is 15.8 Å². The molecule has 2 aromatic heterocycles. The van der Waals surface area contributed by atoms with Gasteiger partial charge in [-0.15, -0.1) is 11.3 Å². The molecule has 7 heteroatoms. The number of carbonyl (C=O) groups is 1. The molecule has 0 fully saturated rings. The fourth-order valence-corrected chi connectivity index (χ4v) is 3.12. The molecule has 1 amide bonds. The summed E-state index contributed by atoms with van der Waals surface area (Å²) in [5, 5.41) is 3.68. The summed E-state index contributed by atoms with van der Waals surface area (Å²) in [6.07, 6.45) is 0. The van der Waals surface area contributed by atoms with Crippen molar-refractivity contribution in [3.63, 3.8) is 0 Å². The quantitative estimate of drug-likeness (QED) is 0.917. The highest BCUT2D eigenvalue weighted by molar-refractivity contribution is 7.20. The van der Waals surface area contributed by atoms with Crippen LogP contribution < -0.4 is 10.1 Å². The van der Waals surface area contributed by atoms with E-state index in [4.69, 9.17) is 9.47 Å². The van der Waals surface area contributed by atoms with Crippen LogP contribution in [-0.4, -0.2) is 36.1 Å². The van der Waals surface area contributed by atoms with E-state index in [9.17, 15) is 4.79 Å². The Labute approximate surface area is 127 Å². The summed E-state index contributed by atoms with van der Waals surface area (Å²) in [6.45, 7) is 6.04. The standard InChI is InChI=1S/C14H19N3O3S/c1-7(2)15-12(18)11-8(3)10-13(20-5)16-9(6-19-4)17-14(10)21-11/h7H,6H2,1-5H3,(H,15,18). The van der Waals surface area contributed by atoms with Crippen LogP contribution in [0.3, 0.4) is 0 Å². The van der Waals surface area contributed by atoms with Crippen molar-refractivity contribution in [1.29, 1.82) is 0 Å². The van der Waals surface area contributed by atoms with Crippen LogP contribution >= 0.6 is 11.3 Å². The number of hydrogen-bond donors (Lipinski definition) is 1. The van der Waals surface area contributed by atoms with Gasteiger partial charge in [-0.2, -0.15) is 4.98 Å². The second-order valence-corrected chi connectivity index (χ2v) is 5.95. The Balaban J connectivity index is 2.56. The summed E-state index contributed by atoms with van der Waals surface area (Å²) in [4.78, 5) is 22.4. The lowest BCUT2D eigenvalue weighted by molar-refractivity contribution is 0.0947. The molecule has 1 N–H and O–H groups in total. The highest BCUT2D eigenvalue weighted by Gasteiger charge is 2.21. The van der Waals surface area contributed by atoms with Crippen LogP contribution in [0.4, 0.5) is 0 Å². The van der Waals surface area contributed by atoms with Crippen molar-refractivity contribution >= 4 is 27.5 Å². The van der Waals surface area contributed by atoms with E-state index in [1.54, 1.807) is 14.2 Å². The van der Waals surface area contributed by atoms with E-state index < -0.39 is 0 Å². The minimum absolute atomic E-state index is 0.0825. The first-order valence-corrected chi connectivity index (χ1v) is 7.43. The Bertz CT molecular complexity index is 667. The predicted molar refractivity (Wildman–Crippen MR) is 82.0 cm³/mol. The van der Waals surface area contributed by atoms with Gasteiger partial charge in [-0.1, -0.05) is 0 Å². The number of thiophene rings is 1. The fourth-order valence-electron chi connectivity index (χ4n) is 2.03. The van der Waals surface area contributed by atoms with Crippen LogP contribution in [0.2, 0.25) is 0 Å². The zero-order valence-electron chi connectivity index (χ0n) is 12.8. The largest absolute Gasteiger partial charge is 0.480 e. The van der Waals surface area contributed by atoms with Crippen molar-refractivity contribution in [3.05, 3.63) is 16.3 Å². The maximum absolute atomic E-state index is 12.2. The Morgan fingerprint density at radius 1 is 1.33 bits per heavy atom. The minimum atomic E-state index is -0.0964. The van der Waals surface area contributed by atoms with Crippen LogP contribution in [-0.2, 0) is 11.3 Å². The number of rotatable bonds is 5. The maximum Gasteiger partial charge on any atom is 0.261 e. The Hall–Kier alpha value is -1.73. The zero-order valence-corrected chi connectivity index (χ0v) is 13.6. The van der Waals surface area contributed by atoms with Gasteiger partial charge in [0, 0.05) is 13.2 Å². The van der Waals surface area contributed by atoms with Crippen molar-refractivity contribution < 1.29 is 14.3 Å². The van der Waals surface area contributed by atoms with Gasteiger partial charge < -0.3 is 14.8 Å². The number of nitrogens with zero attached hydrogens (tertiary/aromatic N) is 2. The molecule has 0 aliphatic heterocycles. The Morgan fingerprint density at radius 3 is 2.62 bits per heavy atom. The van der Waals surface area contributed by atoms with Gasteiger partial charge in [-0.25, -0.2) is 4.98 Å². The first kappa shape index (κ1) is 15.7. The third kappa shape index (κ3) is 3.14. The molecule has 0 bridgehead atoms. The molecule has 6 nitrogen and oxygen atoms in total. The van der Waals surface area contributed by atoms with E-state index in [1.807, 2.05) is 20.8 Å². The predicted octanol–water partition coefficient (Wildman–Crippen LogP) is 2.29. The molecule has 114 valence electrons. The van der Waals surface area contributed by atoms with Crippen molar-refractivity contribution in [2.24, 2.45) is 0 Å². The molecule has 2 aromatic rings. The molecule has 0 spiro atoms. The van der Waals surface area contributed by atoms with Gasteiger partial charge in [-0.05, 0) is 26.3 Å². The molecule has 0 atom stereocenters. The SMILES string of the molecule is COCc1nc(OC)c2c(C)c(C(=O)NC(C)C)sc2n1. The van der Waals surface area contributed by atoms with Gasteiger partial charge in [0.1, 0.15) is 11.4 Å². The number of fused-ring (bicyclic) bond motifs is 1. The molecule has 0 unspecified atom stereocenters. The lowest BCUT2D eigenvalue weighted by Crippen LogP contribution is -2.29. The third-order valence-electron chi connectivity index (χ3n) is 2.90. The summed E-state index contributed by atoms with van der Waals surface area (Å²) in [5.74, 6) is 0.921. The molecular weight excluding hydrogens is 290 g/mol. The third-order valence-corrected chi connectivity index (χ3v) is 4.08. The molecule has 0 aliphatic carbocycles. The average Bonchev–Trinajstić information content (AvgIpc) is 2.75. The monoisotopic (exact) mass is 309 g/mol. The van der Waals surface area contributed by atoms with E-state index in [0.29, 0.717) is 23.2 Å².